The van der Waals surface area contributed by atoms with Gasteiger partial charge in [0.05, 0.1) is 12.6 Å². The van der Waals surface area contributed by atoms with Gasteiger partial charge in [-0.05, 0) is 54.0 Å². The van der Waals surface area contributed by atoms with E-state index in [0.29, 0.717) is 59.3 Å². The number of hydrogen-bond acceptors (Lipinski definition) is 6. The zero-order chi connectivity index (χ0) is 23.7. The number of hydrogen-bond donors (Lipinski definition) is 1. The second kappa shape index (κ2) is 7.49. The summed E-state index contributed by atoms with van der Waals surface area (Å²) >= 11 is 0. The molecule has 1 aliphatic carbocycles. The van der Waals surface area contributed by atoms with Crippen LogP contribution in [0.1, 0.15) is 20.8 Å². The van der Waals surface area contributed by atoms with E-state index < -0.39 is 0 Å². The van der Waals surface area contributed by atoms with Crippen molar-refractivity contribution in [1.29, 1.82) is 0 Å². The van der Waals surface area contributed by atoms with E-state index in [1.165, 1.54) is 0 Å². The number of aromatic nitrogens is 4. The molecule has 2 unspecified atom stereocenters. The van der Waals surface area contributed by atoms with Crippen LogP contribution in [0.25, 0.3) is 21.9 Å². The van der Waals surface area contributed by atoms with Gasteiger partial charge in [-0.25, -0.2) is 4.98 Å². The van der Waals surface area contributed by atoms with Crippen molar-refractivity contribution in [2.45, 2.75) is 0 Å². The van der Waals surface area contributed by atoms with E-state index in [9.17, 15) is 9.59 Å². The van der Waals surface area contributed by atoms with Gasteiger partial charge in [-0.1, -0.05) is 12.1 Å². The van der Waals surface area contributed by atoms with Gasteiger partial charge >= 0.3 is 0 Å². The van der Waals surface area contributed by atoms with E-state index in [2.05, 4.69) is 20.4 Å². The lowest BCUT2D eigenvalue weighted by atomic mass is 9.60. The molecule has 7 rings (SSSR count). The van der Waals surface area contributed by atoms with Gasteiger partial charge in [-0.2, -0.15) is 15.4 Å². The van der Waals surface area contributed by atoms with Crippen molar-refractivity contribution in [2.24, 2.45) is 23.7 Å². The number of nitrogens with one attached hydrogen (secondary N) is 1. The molecule has 2 aromatic carbocycles. The molecule has 3 fully saturated rings. The molecule has 2 aromatic heterocycles. The van der Waals surface area contributed by atoms with Gasteiger partial charge in [-0.3, -0.25) is 9.59 Å². The number of fused-ring (bicyclic) bond motifs is 6. The Morgan fingerprint density at radius 2 is 1.49 bits per heavy atom. The van der Waals surface area contributed by atoms with E-state index in [-0.39, 0.29) is 11.8 Å². The highest BCUT2D eigenvalue weighted by Crippen LogP contribution is 2.54. The second-order valence-electron chi connectivity index (χ2n) is 9.83. The van der Waals surface area contributed by atoms with Crippen molar-refractivity contribution in [1.82, 2.24) is 30.2 Å². The summed E-state index contributed by atoms with van der Waals surface area (Å²) in [6.07, 6.45) is 0. The number of H-pyrrole nitrogens is 1. The maximum absolute atomic E-state index is 13.4. The molecular formula is C26H24N6O3. The van der Waals surface area contributed by atoms with E-state index >= 15 is 0 Å². The molecule has 0 radical (unpaired) electrons. The number of benzene rings is 2. The number of likely N-dealkylation sites (tertiary alicyclic amines) is 2. The van der Waals surface area contributed by atoms with Crippen LogP contribution in [0, 0.1) is 23.7 Å². The summed E-state index contributed by atoms with van der Waals surface area (Å²) in [7, 11) is 1.62. The molecule has 2 amide bonds. The Balaban J connectivity index is 1.06. The maximum atomic E-state index is 13.4. The number of para-hydroxylation sites is 1. The summed E-state index contributed by atoms with van der Waals surface area (Å²) in [5.74, 6) is 2.41. The van der Waals surface area contributed by atoms with Crippen LogP contribution in [0.4, 0.5) is 0 Å². The average molecular weight is 469 g/mol. The highest BCUT2D eigenvalue weighted by atomic mass is 16.5. The van der Waals surface area contributed by atoms with Gasteiger partial charge in [0.2, 0.25) is 0 Å². The molecule has 2 saturated heterocycles. The second-order valence-corrected chi connectivity index (χ2v) is 9.83. The van der Waals surface area contributed by atoms with Gasteiger partial charge in [0.15, 0.2) is 0 Å². The number of amides is 2. The summed E-state index contributed by atoms with van der Waals surface area (Å²) in [4.78, 5) is 35.1. The molecule has 2 aliphatic heterocycles. The number of methoxy groups -OCH3 is 1. The van der Waals surface area contributed by atoms with Gasteiger partial charge in [0.25, 0.3) is 11.8 Å². The molecule has 4 heterocycles. The lowest BCUT2D eigenvalue weighted by Crippen LogP contribution is -2.44. The molecule has 176 valence electrons. The first kappa shape index (κ1) is 20.4. The Bertz CT molecular complexity index is 1480. The highest BCUT2D eigenvalue weighted by molar-refractivity contribution is 5.98. The van der Waals surface area contributed by atoms with Gasteiger partial charge < -0.3 is 14.5 Å². The van der Waals surface area contributed by atoms with Crippen molar-refractivity contribution in [2.75, 3.05) is 33.3 Å². The monoisotopic (exact) mass is 468 g/mol. The Morgan fingerprint density at radius 1 is 0.829 bits per heavy atom. The molecule has 4 atom stereocenters. The predicted molar refractivity (Wildman–Crippen MR) is 128 cm³/mol. The fourth-order valence-corrected chi connectivity index (χ4v) is 6.45. The van der Waals surface area contributed by atoms with Crippen molar-refractivity contribution in [3.05, 3.63) is 59.8 Å². The molecule has 35 heavy (non-hydrogen) atoms. The maximum Gasteiger partial charge on any atom is 0.272 e. The molecule has 9 heteroatoms. The summed E-state index contributed by atoms with van der Waals surface area (Å²) in [5.41, 5.74) is 3.27. The average Bonchev–Trinajstić information content (AvgIpc) is 3.61. The quantitative estimate of drug-likeness (QED) is 0.496. The van der Waals surface area contributed by atoms with Gasteiger partial charge in [-0.15, -0.1) is 0 Å². The first-order chi connectivity index (χ1) is 17.1. The van der Waals surface area contributed by atoms with Crippen LogP contribution >= 0.6 is 0 Å². The Morgan fingerprint density at radius 3 is 2.20 bits per heavy atom. The molecule has 3 aliphatic rings. The van der Waals surface area contributed by atoms with Crippen LogP contribution in [0.2, 0.25) is 0 Å². The number of ether oxygens (including phenoxy) is 1. The van der Waals surface area contributed by atoms with Crippen LogP contribution in [-0.4, -0.2) is 75.3 Å². The normalized spacial score (nSPS) is 24.9. The standard InChI is InChI=1S/C26H24N6O3/c1-35-24-9-23(27-20-5-3-2-4-15(20)24)26(34)32-12-18-16-10-31(11-17(16)19(18)13-32)25(33)14-6-7-21-22(8-14)29-30-28-21/h2-9,16-19H,10-13H2,1H3,(H,28,29,30)/t16-,17+,18?,19?. The van der Waals surface area contributed by atoms with E-state index in [4.69, 9.17) is 4.74 Å². The summed E-state index contributed by atoms with van der Waals surface area (Å²) < 4.78 is 5.53. The molecule has 4 aromatic rings. The molecular weight excluding hydrogens is 444 g/mol. The minimum atomic E-state index is -0.0460. The van der Waals surface area contributed by atoms with Crippen molar-refractivity contribution >= 4 is 33.8 Å². The SMILES string of the molecule is COc1cc(C(=O)N2CC3C(C2)[C@@H]2CN(C(=O)c4ccc5n[nH]nc5c4)C[C@H]32)nc2ccccc12. The number of carbonyl (C=O) groups is 2. The molecule has 0 bridgehead atoms. The van der Waals surface area contributed by atoms with E-state index in [1.807, 2.05) is 46.2 Å². The minimum Gasteiger partial charge on any atom is -0.496 e. The Hall–Kier alpha value is -4.01. The summed E-state index contributed by atoms with van der Waals surface area (Å²) in [6.45, 7) is 2.92. The highest BCUT2D eigenvalue weighted by Gasteiger charge is 2.59. The number of rotatable bonds is 3. The Kier molecular flexibility index (Phi) is 4.36. The molecule has 9 nitrogen and oxygen atoms in total. The number of aromatic amines is 1. The van der Waals surface area contributed by atoms with Crippen LogP contribution in [0.15, 0.2) is 48.5 Å². The minimum absolute atomic E-state index is 0.0442. The third-order valence-electron chi connectivity index (χ3n) is 8.18. The van der Waals surface area contributed by atoms with E-state index in [1.54, 1.807) is 19.2 Å². The third kappa shape index (κ3) is 3.03. The fourth-order valence-electron chi connectivity index (χ4n) is 6.45. The van der Waals surface area contributed by atoms with Crippen LogP contribution in [0.5, 0.6) is 5.75 Å². The fraction of sp³-hybridized carbons (Fsp3) is 0.346. The molecule has 1 N–H and O–H groups in total. The number of nitrogens with zero attached hydrogens (tertiary/aromatic N) is 5. The zero-order valence-corrected chi connectivity index (χ0v) is 19.2. The van der Waals surface area contributed by atoms with Crippen LogP contribution in [0.3, 0.4) is 0 Å². The predicted octanol–water partition coefficient (Wildman–Crippen LogP) is 2.60. The number of pyridine rings is 1. The van der Waals surface area contributed by atoms with Gasteiger partial charge in [0, 0.05) is 43.2 Å². The molecule has 1 saturated carbocycles. The lowest BCUT2D eigenvalue weighted by molar-refractivity contribution is 0.0629. The summed E-state index contributed by atoms with van der Waals surface area (Å²) in [6, 6.07) is 14.9. The topological polar surface area (TPSA) is 104 Å². The first-order valence-corrected chi connectivity index (χ1v) is 11.9. The molecule has 0 spiro atoms. The largest absolute Gasteiger partial charge is 0.496 e. The number of carbonyl (C=O) groups excluding carboxylic acids is 2. The van der Waals surface area contributed by atoms with Gasteiger partial charge in [0.1, 0.15) is 22.5 Å². The Labute approximate surface area is 201 Å². The van der Waals surface area contributed by atoms with Crippen molar-refractivity contribution in [3.8, 4) is 5.75 Å². The first-order valence-electron chi connectivity index (χ1n) is 11.9. The smallest absolute Gasteiger partial charge is 0.272 e. The lowest BCUT2D eigenvalue weighted by Gasteiger charge is -2.42. The summed E-state index contributed by atoms with van der Waals surface area (Å²) in [5, 5.41) is 11.6. The third-order valence-corrected chi connectivity index (χ3v) is 8.18. The van der Waals surface area contributed by atoms with Crippen molar-refractivity contribution < 1.29 is 14.3 Å². The van der Waals surface area contributed by atoms with Crippen LogP contribution in [-0.2, 0) is 0 Å². The van der Waals surface area contributed by atoms with E-state index in [0.717, 1.165) is 29.5 Å². The van der Waals surface area contributed by atoms with Crippen LogP contribution < -0.4 is 4.74 Å². The van der Waals surface area contributed by atoms with Crippen molar-refractivity contribution in [3.63, 3.8) is 0 Å². The zero-order valence-electron chi connectivity index (χ0n) is 19.2.